The van der Waals surface area contributed by atoms with Crippen molar-refractivity contribution in [2.24, 2.45) is 0 Å². The van der Waals surface area contributed by atoms with Gasteiger partial charge in [0.05, 0.1) is 0 Å². The van der Waals surface area contributed by atoms with E-state index in [1.165, 1.54) is 0 Å². The van der Waals surface area contributed by atoms with Crippen LogP contribution < -0.4 is 16.0 Å². The van der Waals surface area contributed by atoms with Gasteiger partial charge in [-0.3, -0.25) is 4.79 Å². The molecule has 0 unspecified atom stereocenters. The number of nitrogens with zero attached hydrogens (tertiary/aromatic N) is 3. The zero-order chi connectivity index (χ0) is 16.4. The molecule has 3 N–H and O–H groups in total. The van der Waals surface area contributed by atoms with Crippen molar-refractivity contribution in [3.8, 4) is 0 Å². The molecule has 2 aromatic rings. The van der Waals surface area contributed by atoms with Crippen molar-refractivity contribution in [3.63, 3.8) is 0 Å². The van der Waals surface area contributed by atoms with E-state index in [0.717, 1.165) is 18.4 Å². The molecule has 1 fully saturated rings. The first-order valence-electron chi connectivity index (χ1n) is 7.42. The third-order valence-corrected chi connectivity index (χ3v) is 3.83. The number of rotatable bonds is 5. The molecular formula is C16H18ClN5O. The van der Waals surface area contributed by atoms with Gasteiger partial charge in [0.2, 0.25) is 5.95 Å². The average Bonchev–Trinajstić information content (AvgIpc) is 3.31. The number of carbonyl (C=O) groups excluding carboxylic acids is 1. The van der Waals surface area contributed by atoms with Gasteiger partial charge in [-0.05, 0) is 30.5 Å². The second kappa shape index (κ2) is 6.42. The van der Waals surface area contributed by atoms with E-state index in [2.05, 4.69) is 15.3 Å². The Morgan fingerprint density at radius 3 is 2.65 bits per heavy atom. The summed E-state index contributed by atoms with van der Waals surface area (Å²) >= 11 is 5.90. The van der Waals surface area contributed by atoms with E-state index in [1.54, 1.807) is 6.07 Å². The fraction of sp³-hybridized carbons (Fsp3) is 0.312. The van der Waals surface area contributed by atoms with Crippen LogP contribution in [0.3, 0.4) is 0 Å². The van der Waals surface area contributed by atoms with Gasteiger partial charge in [0.1, 0.15) is 11.0 Å². The summed E-state index contributed by atoms with van der Waals surface area (Å²) in [7, 11) is 1.89. The normalized spacial score (nSPS) is 13.7. The first-order chi connectivity index (χ1) is 11.0. The number of nitrogen functional groups attached to an aromatic ring is 1. The van der Waals surface area contributed by atoms with Gasteiger partial charge in [-0.1, -0.05) is 23.7 Å². The maximum Gasteiger partial charge on any atom is 0.251 e. The van der Waals surface area contributed by atoms with E-state index in [4.69, 9.17) is 17.3 Å². The third kappa shape index (κ3) is 4.10. The summed E-state index contributed by atoms with van der Waals surface area (Å²) in [5.74, 6) is 0.784. The number of hydrogen-bond acceptors (Lipinski definition) is 5. The van der Waals surface area contributed by atoms with Crippen LogP contribution in [0.5, 0.6) is 0 Å². The lowest BCUT2D eigenvalue weighted by molar-refractivity contribution is 0.0951. The van der Waals surface area contributed by atoms with Gasteiger partial charge in [-0.15, -0.1) is 0 Å². The van der Waals surface area contributed by atoms with Crippen LogP contribution in [-0.2, 0) is 6.54 Å². The zero-order valence-electron chi connectivity index (χ0n) is 12.8. The molecule has 7 heteroatoms. The summed E-state index contributed by atoms with van der Waals surface area (Å²) in [6, 6.07) is 9.57. The number of benzene rings is 1. The van der Waals surface area contributed by atoms with Crippen molar-refractivity contribution < 1.29 is 4.79 Å². The van der Waals surface area contributed by atoms with Gasteiger partial charge in [0.15, 0.2) is 0 Å². The molecule has 0 radical (unpaired) electrons. The highest BCUT2D eigenvalue weighted by Crippen LogP contribution is 2.20. The number of nitrogens with two attached hydrogens (primary N) is 1. The number of carbonyl (C=O) groups is 1. The van der Waals surface area contributed by atoms with Gasteiger partial charge in [0, 0.05) is 31.3 Å². The average molecular weight is 332 g/mol. The molecule has 0 bridgehead atoms. The minimum absolute atomic E-state index is 0.0113. The van der Waals surface area contributed by atoms with E-state index in [-0.39, 0.29) is 11.9 Å². The first-order valence-corrected chi connectivity index (χ1v) is 7.80. The van der Waals surface area contributed by atoms with E-state index in [9.17, 15) is 4.79 Å². The molecule has 1 aliphatic carbocycles. The lowest BCUT2D eigenvalue weighted by atomic mass is 10.1. The number of nitrogens with one attached hydrogen (secondary N) is 1. The molecule has 0 atom stereocenters. The van der Waals surface area contributed by atoms with Crippen molar-refractivity contribution in [3.05, 3.63) is 46.6 Å². The highest BCUT2D eigenvalue weighted by molar-refractivity contribution is 6.29. The van der Waals surface area contributed by atoms with Crippen molar-refractivity contribution in [2.75, 3.05) is 17.7 Å². The Kier molecular flexibility index (Phi) is 4.34. The first kappa shape index (κ1) is 15.6. The summed E-state index contributed by atoms with van der Waals surface area (Å²) in [5, 5.41) is 3.29. The van der Waals surface area contributed by atoms with Crippen LogP contribution in [0.2, 0.25) is 5.15 Å². The SMILES string of the molecule is CN(Cc1ccc(C(=O)NC2CC2)cc1)c1cc(Cl)nc(N)n1. The van der Waals surface area contributed by atoms with Gasteiger partial charge >= 0.3 is 0 Å². The molecule has 0 spiro atoms. The molecule has 6 nitrogen and oxygen atoms in total. The fourth-order valence-electron chi connectivity index (χ4n) is 2.23. The molecule has 0 saturated heterocycles. The minimum Gasteiger partial charge on any atom is -0.368 e. The van der Waals surface area contributed by atoms with Crippen LogP contribution >= 0.6 is 11.6 Å². The number of hydrogen-bond donors (Lipinski definition) is 2. The number of halogens is 1. The fourth-order valence-corrected chi connectivity index (χ4v) is 2.42. The van der Waals surface area contributed by atoms with Crippen molar-refractivity contribution in [1.29, 1.82) is 0 Å². The lowest BCUT2D eigenvalue weighted by Crippen LogP contribution is -2.25. The topological polar surface area (TPSA) is 84.1 Å². The minimum atomic E-state index is -0.0113. The largest absolute Gasteiger partial charge is 0.368 e. The van der Waals surface area contributed by atoms with Gasteiger partial charge < -0.3 is 16.0 Å². The Labute approximate surface area is 139 Å². The molecule has 23 heavy (non-hydrogen) atoms. The molecule has 1 aromatic heterocycles. The summed E-state index contributed by atoms with van der Waals surface area (Å²) in [5.41, 5.74) is 7.35. The van der Waals surface area contributed by atoms with E-state index < -0.39 is 0 Å². The van der Waals surface area contributed by atoms with Gasteiger partial charge in [-0.2, -0.15) is 4.98 Å². The number of amides is 1. The smallest absolute Gasteiger partial charge is 0.251 e. The Balaban J connectivity index is 1.66. The Hall–Kier alpha value is -2.34. The third-order valence-electron chi connectivity index (χ3n) is 3.64. The maximum absolute atomic E-state index is 12.0. The monoisotopic (exact) mass is 331 g/mol. The van der Waals surface area contributed by atoms with Crippen molar-refractivity contribution in [2.45, 2.75) is 25.4 Å². The van der Waals surface area contributed by atoms with Gasteiger partial charge in [0.25, 0.3) is 5.91 Å². The lowest BCUT2D eigenvalue weighted by Gasteiger charge is -2.18. The quantitative estimate of drug-likeness (QED) is 0.821. The molecule has 1 amide bonds. The molecule has 1 aromatic carbocycles. The second-order valence-electron chi connectivity index (χ2n) is 5.71. The summed E-state index contributed by atoms with van der Waals surface area (Å²) < 4.78 is 0. The van der Waals surface area contributed by atoms with Crippen LogP contribution in [-0.4, -0.2) is 29.0 Å². The van der Waals surface area contributed by atoms with Crippen LogP contribution in [0.1, 0.15) is 28.8 Å². The standard InChI is InChI=1S/C16H18ClN5O/c1-22(14-8-13(17)20-16(18)21-14)9-10-2-4-11(5-3-10)15(23)19-12-6-7-12/h2-5,8,12H,6-7,9H2,1H3,(H,19,23)(H2,18,20,21). The molecule has 1 heterocycles. The molecule has 120 valence electrons. The summed E-state index contributed by atoms with van der Waals surface area (Å²) in [6.07, 6.45) is 2.17. The number of aromatic nitrogens is 2. The predicted molar refractivity (Wildman–Crippen MR) is 90.5 cm³/mol. The van der Waals surface area contributed by atoms with Crippen LogP contribution in [0.4, 0.5) is 11.8 Å². The molecule has 0 aliphatic heterocycles. The highest BCUT2D eigenvalue weighted by Gasteiger charge is 2.23. The second-order valence-corrected chi connectivity index (χ2v) is 6.10. The van der Waals surface area contributed by atoms with Crippen molar-refractivity contribution >= 4 is 29.3 Å². The Bertz CT molecular complexity index is 695. The summed E-state index contributed by atoms with van der Waals surface area (Å²) in [6.45, 7) is 0.622. The van der Waals surface area contributed by atoms with E-state index in [0.29, 0.717) is 29.1 Å². The molecular weight excluding hydrogens is 314 g/mol. The zero-order valence-corrected chi connectivity index (χ0v) is 13.5. The highest BCUT2D eigenvalue weighted by atomic mass is 35.5. The van der Waals surface area contributed by atoms with Crippen LogP contribution in [0.15, 0.2) is 30.3 Å². The number of anilines is 2. The Morgan fingerprint density at radius 1 is 1.35 bits per heavy atom. The molecule has 1 aliphatic rings. The maximum atomic E-state index is 12.0. The van der Waals surface area contributed by atoms with Crippen molar-refractivity contribution in [1.82, 2.24) is 15.3 Å². The van der Waals surface area contributed by atoms with E-state index in [1.807, 2.05) is 36.2 Å². The van der Waals surface area contributed by atoms with E-state index >= 15 is 0 Å². The summed E-state index contributed by atoms with van der Waals surface area (Å²) in [4.78, 5) is 21.9. The molecule has 3 rings (SSSR count). The Morgan fingerprint density at radius 2 is 2.04 bits per heavy atom. The van der Waals surface area contributed by atoms with Crippen LogP contribution in [0.25, 0.3) is 0 Å². The van der Waals surface area contributed by atoms with Gasteiger partial charge in [-0.25, -0.2) is 4.98 Å². The molecule has 1 saturated carbocycles. The predicted octanol–water partition coefficient (Wildman–Crippen LogP) is 2.24. The van der Waals surface area contributed by atoms with Crippen LogP contribution in [0, 0.1) is 0 Å².